The van der Waals surface area contributed by atoms with Gasteiger partial charge in [0.2, 0.25) is 5.91 Å². The molecule has 1 aliphatic heterocycles. The van der Waals surface area contributed by atoms with Gasteiger partial charge in [-0.1, -0.05) is 19.3 Å². The summed E-state index contributed by atoms with van der Waals surface area (Å²) in [7, 11) is 0. The van der Waals surface area contributed by atoms with Crippen molar-refractivity contribution >= 4 is 5.91 Å². The van der Waals surface area contributed by atoms with Gasteiger partial charge in [-0.25, -0.2) is 0 Å². The van der Waals surface area contributed by atoms with Crippen LogP contribution in [0.25, 0.3) is 0 Å². The molecule has 1 saturated carbocycles. The maximum Gasteiger partial charge on any atom is 0.222 e. The molecule has 1 heterocycles. The topological polar surface area (TPSA) is 67.2 Å². The molecular formula is C10H19N3O. The summed E-state index contributed by atoms with van der Waals surface area (Å²) in [6.45, 7) is 0.843. The first-order valence-corrected chi connectivity index (χ1v) is 5.54. The van der Waals surface area contributed by atoms with Crippen LogP contribution in [0.15, 0.2) is 0 Å². The third-order valence-corrected chi connectivity index (χ3v) is 3.65. The van der Waals surface area contributed by atoms with Gasteiger partial charge >= 0.3 is 0 Å². The summed E-state index contributed by atoms with van der Waals surface area (Å²) in [5.41, 5.74) is 11.9. The second-order valence-corrected chi connectivity index (χ2v) is 4.51. The summed E-state index contributed by atoms with van der Waals surface area (Å²) >= 11 is 0. The Hall–Kier alpha value is -0.610. The fourth-order valence-electron chi connectivity index (χ4n) is 2.89. The molecule has 1 spiro atoms. The predicted octanol–water partition coefficient (Wildman–Crippen LogP) is 0.289. The Kier molecular flexibility index (Phi) is 2.74. The molecule has 2 aliphatic rings. The van der Waals surface area contributed by atoms with Gasteiger partial charge in [0.15, 0.2) is 0 Å². The molecule has 4 nitrogen and oxygen atoms in total. The highest BCUT2D eigenvalue weighted by atomic mass is 16.1. The predicted molar refractivity (Wildman–Crippen MR) is 54.3 cm³/mol. The lowest BCUT2D eigenvalue weighted by atomic mass is 9.71. The number of rotatable bonds is 1. The first kappa shape index (κ1) is 9.93. The van der Waals surface area contributed by atoms with Crippen molar-refractivity contribution < 1.29 is 4.79 Å². The molecule has 1 saturated heterocycles. The van der Waals surface area contributed by atoms with Crippen molar-refractivity contribution in [1.82, 2.24) is 10.9 Å². The van der Waals surface area contributed by atoms with Crippen molar-refractivity contribution in [2.45, 2.75) is 44.1 Å². The van der Waals surface area contributed by atoms with E-state index in [1.165, 1.54) is 19.3 Å². The number of amides is 1. The van der Waals surface area contributed by atoms with E-state index in [0.29, 0.717) is 0 Å². The molecule has 14 heavy (non-hydrogen) atoms. The average molecular weight is 197 g/mol. The Bertz CT molecular complexity index is 215. The number of primary amides is 1. The standard InChI is InChI=1S/C10H19N3O/c11-9(14)8-4-7-12-13-10(8)5-2-1-3-6-10/h8,12-13H,1-7H2,(H2,11,14). The Morgan fingerprint density at radius 3 is 2.64 bits per heavy atom. The molecule has 1 atom stereocenters. The lowest BCUT2D eigenvalue weighted by Gasteiger charge is -2.46. The minimum Gasteiger partial charge on any atom is -0.369 e. The van der Waals surface area contributed by atoms with Crippen LogP contribution in [0.2, 0.25) is 0 Å². The summed E-state index contributed by atoms with van der Waals surface area (Å²) in [5, 5.41) is 0. The molecule has 0 radical (unpaired) electrons. The van der Waals surface area contributed by atoms with Gasteiger partial charge in [0, 0.05) is 12.1 Å². The maximum atomic E-state index is 11.4. The Morgan fingerprint density at radius 1 is 1.29 bits per heavy atom. The first-order valence-electron chi connectivity index (χ1n) is 5.54. The summed E-state index contributed by atoms with van der Waals surface area (Å²) < 4.78 is 0. The normalized spacial score (nSPS) is 31.6. The molecule has 0 aromatic carbocycles. The van der Waals surface area contributed by atoms with Crippen LogP contribution in [0.3, 0.4) is 0 Å². The minimum absolute atomic E-state index is 0.0176. The first-order chi connectivity index (χ1) is 6.75. The van der Waals surface area contributed by atoms with Crippen molar-refractivity contribution in [3.63, 3.8) is 0 Å². The zero-order chi connectivity index (χ0) is 10.0. The highest BCUT2D eigenvalue weighted by Gasteiger charge is 2.44. The number of hydrazine groups is 1. The van der Waals surface area contributed by atoms with Gasteiger partial charge in [0.05, 0.1) is 5.92 Å². The quantitative estimate of drug-likeness (QED) is 0.566. The highest BCUT2D eigenvalue weighted by Crippen LogP contribution is 2.36. The van der Waals surface area contributed by atoms with Gasteiger partial charge in [-0.15, -0.1) is 0 Å². The van der Waals surface area contributed by atoms with E-state index >= 15 is 0 Å². The zero-order valence-electron chi connectivity index (χ0n) is 8.51. The molecule has 2 rings (SSSR count). The van der Waals surface area contributed by atoms with E-state index in [4.69, 9.17) is 5.73 Å². The third-order valence-electron chi connectivity index (χ3n) is 3.65. The van der Waals surface area contributed by atoms with Crippen molar-refractivity contribution in [2.24, 2.45) is 11.7 Å². The van der Waals surface area contributed by atoms with Gasteiger partial charge in [0.25, 0.3) is 0 Å². The van der Waals surface area contributed by atoms with E-state index in [-0.39, 0.29) is 17.4 Å². The molecule has 0 bridgehead atoms. The summed E-state index contributed by atoms with van der Waals surface area (Å²) in [4.78, 5) is 11.4. The molecule has 2 fully saturated rings. The lowest BCUT2D eigenvalue weighted by Crippen LogP contribution is -2.64. The van der Waals surface area contributed by atoms with Crippen molar-refractivity contribution in [1.29, 1.82) is 0 Å². The Morgan fingerprint density at radius 2 is 2.00 bits per heavy atom. The molecule has 1 amide bonds. The summed E-state index contributed by atoms with van der Waals surface area (Å²) in [6, 6.07) is 0. The molecule has 1 aliphatic carbocycles. The van der Waals surface area contributed by atoms with Gasteiger partial charge < -0.3 is 5.73 Å². The van der Waals surface area contributed by atoms with Crippen LogP contribution in [-0.2, 0) is 4.79 Å². The second-order valence-electron chi connectivity index (χ2n) is 4.51. The second kappa shape index (κ2) is 3.87. The Balaban J connectivity index is 2.14. The van der Waals surface area contributed by atoms with Gasteiger partial charge in [0.1, 0.15) is 0 Å². The molecule has 0 aromatic rings. The van der Waals surface area contributed by atoms with Crippen LogP contribution in [0, 0.1) is 5.92 Å². The largest absolute Gasteiger partial charge is 0.369 e. The van der Waals surface area contributed by atoms with Crippen LogP contribution >= 0.6 is 0 Å². The molecule has 0 aromatic heterocycles. The number of nitrogens with two attached hydrogens (primary N) is 1. The fraction of sp³-hybridized carbons (Fsp3) is 0.900. The van der Waals surface area contributed by atoms with Gasteiger partial charge in [-0.3, -0.25) is 15.6 Å². The number of nitrogens with one attached hydrogen (secondary N) is 2. The fourth-order valence-corrected chi connectivity index (χ4v) is 2.89. The van der Waals surface area contributed by atoms with Crippen molar-refractivity contribution in [2.75, 3.05) is 6.54 Å². The minimum atomic E-state index is -0.138. The van der Waals surface area contributed by atoms with E-state index < -0.39 is 0 Å². The highest BCUT2D eigenvalue weighted by molar-refractivity contribution is 5.78. The van der Waals surface area contributed by atoms with Gasteiger partial charge in [-0.2, -0.15) is 0 Å². The number of carbonyl (C=O) groups is 1. The summed E-state index contributed by atoms with van der Waals surface area (Å²) in [6.07, 6.45) is 6.73. The van der Waals surface area contributed by atoms with Gasteiger partial charge in [-0.05, 0) is 19.3 Å². The smallest absolute Gasteiger partial charge is 0.222 e. The number of hydrogen-bond acceptors (Lipinski definition) is 3. The van der Waals surface area contributed by atoms with E-state index in [1.54, 1.807) is 0 Å². The zero-order valence-corrected chi connectivity index (χ0v) is 8.51. The van der Waals surface area contributed by atoms with Crippen molar-refractivity contribution in [3.8, 4) is 0 Å². The van der Waals surface area contributed by atoms with E-state index in [1.807, 2.05) is 0 Å². The third kappa shape index (κ3) is 1.64. The van der Waals surface area contributed by atoms with E-state index in [2.05, 4.69) is 10.9 Å². The van der Waals surface area contributed by atoms with Crippen LogP contribution in [0.4, 0.5) is 0 Å². The monoisotopic (exact) mass is 197 g/mol. The van der Waals surface area contributed by atoms with Crippen LogP contribution in [0.5, 0.6) is 0 Å². The Labute approximate surface area is 84.6 Å². The van der Waals surface area contributed by atoms with E-state index in [9.17, 15) is 4.79 Å². The maximum absolute atomic E-state index is 11.4. The van der Waals surface area contributed by atoms with Crippen LogP contribution in [-0.4, -0.2) is 18.0 Å². The molecule has 4 heteroatoms. The molecule has 4 N–H and O–H groups in total. The molecular weight excluding hydrogens is 178 g/mol. The number of hydrogen-bond donors (Lipinski definition) is 3. The van der Waals surface area contributed by atoms with Crippen LogP contribution in [0.1, 0.15) is 38.5 Å². The van der Waals surface area contributed by atoms with Crippen LogP contribution < -0.4 is 16.6 Å². The number of carbonyl (C=O) groups excluding carboxylic acids is 1. The van der Waals surface area contributed by atoms with Crippen molar-refractivity contribution in [3.05, 3.63) is 0 Å². The average Bonchev–Trinajstić information content (AvgIpc) is 2.19. The molecule has 1 unspecified atom stereocenters. The molecule has 80 valence electrons. The SMILES string of the molecule is NC(=O)C1CCNNC12CCCCC2. The lowest BCUT2D eigenvalue weighted by molar-refractivity contribution is -0.126. The summed E-state index contributed by atoms with van der Waals surface area (Å²) in [5.74, 6) is -0.120. The van der Waals surface area contributed by atoms with E-state index in [0.717, 1.165) is 25.8 Å².